The van der Waals surface area contributed by atoms with Crippen molar-refractivity contribution >= 4 is 34.0 Å². The van der Waals surface area contributed by atoms with Gasteiger partial charge in [0.15, 0.2) is 12.7 Å². The number of carboxylic acids is 1. The van der Waals surface area contributed by atoms with Crippen molar-refractivity contribution in [3.8, 4) is 0 Å². The summed E-state index contributed by atoms with van der Waals surface area (Å²) in [5.41, 5.74) is -28.8. The molecule has 0 fully saturated rings. The zero-order valence-corrected chi connectivity index (χ0v) is 35.3. The first-order valence-electron chi connectivity index (χ1n) is 19.6. The number of rotatable bonds is 7. The summed E-state index contributed by atoms with van der Waals surface area (Å²) in [6, 6.07) is 6.13. The lowest BCUT2D eigenvalue weighted by Crippen LogP contribution is -2.75. The van der Waals surface area contributed by atoms with Gasteiger partial charge in [-0.05, 0) is 30.3 Å². The van der Waals surface area contributed by atoms with Gasteiger partial charge in [0.25, 0.3) is 5.69 Å². The van der Waals surface area contributed by atoms with E-state index in [2.05, 4.69) is 0 Å². The summed E-state index contributed by atoms with van der Waals surface area (Å²) >= 11 is 0. The van der Waals surface area contributed by atoms with Gasteiger partial charge in [0.2, 0.25) is 0 Å². The Hall–Kier alpha value is -6.90. The van der Waals surface area contributed by atoms with Crippen molar-refractivity contribution in [1.29, 1.82) is 0 Å². The Balaban J connectivity index is 0.000000520. The zero-order valence-electron chi connectivity index (χ0n) is 35.3. The summed E-state index contributed by atoms with van der Waals surface area (Å²) in [7, 11) is 0. The van der Waals surface area contributed by atoms with Crippen molar-refractivity contribution < 1.29 is 120 Å². The Labute approximate surface area is 392 Å². The number of aromatic carboxylic acids is 1. The van der Waals surface area contributed by atoms with Crippen LogP contribution in [-0.2, 0) is 56.0 Å². The van der Waals surface area contributed by atoms with Crippen LogP contribution in [0.25, 0.3) is 0 Å². The average Bonchev–Trinajstić information content (AvgIpc) is 3.24. The molecule has 5 aromatic carbocycles. The van der Waals surface area contributed by atoms with Crippen molar-refractivity contribution in [1.82, 2.24) is 0 Å². The van der Waals surface area contributed by atoms with Crippen molar-refractivity contribution in [2.24, 2.45) is 0 Å². The molecule has 0 saturated carbocycles. The third-order valence-electron chi connectivity index (χ3n) is 10.8. The molecule has 3 nitrogen and oxygen atoms in total. The summed E-state index contributed by atoms with van der Waals surface area (Å²) in [6.07, 6.45) is -53.0. The molecule has 6 aromatic rings. The van der Waals surface area contributed by atoms with Crippen LogP contribution < -0.4 is 26.4 Å². The number of alkyl halides is 24. The van der Waals surface area contributed by atoms with Crippen molar-refractivity contribution in [2.45, 2.75) is 56.0 Å². The third-order valence-corrected chi connectivity index (χ3v) is 10.8. The van der Waals surface area contributed by atoms with Gasteiger partial charge >= 0.3 is 55.4 Å². The molecule has 0 aliphatic heterocycles. The minimum atomic E-state index is -6.13. The molecule has 6 rings (SSSR count). The van der Waals surface area contributed by atoms with Crippen LogP contribution in [0.15, 0.2) is 128 Å². The van der Waals surface area contributed by atoms with E-state index in [-0.39, 0.29) is 0 Å². The maximum absolute atomic E-state index is 14.2. The van der Waals surface area contributed by atoms with Gasteiger partial charge in [0.05, 0.1) is 44.5 Å². The molecule has 392 valence electrons. The molecule has 0 atom stereocenters. The van der Waals surface area contributed by atoms with Crippen LogP contribution >= 0.6 is 0 Å². The topological polar surface area (TPSA) is 41.2 Å². The molecule has 28 heteroatoms. The Morgan fingerprint density at radius 3 is 0.808 bits per heavy atom. The standard InChI is InChI=1S/C32H12BF24.C13H11NO2/c34-25(35,36)13-1-14(26(37,38)39)6-21(5-13)33(22-7-15(27(40,41)42)2-16(8-22)28(43,44)45,23-9-17(29(46,47)48)3-18(10-23)30(49,50)51)24-11-19(31(52,53)54)4-20(12-24)32(55,56)57;15-13(16)12-8-4-5-9-14(12)10-11-6-2-1-3-7-11/h1-12H;1-9H,10H2/q-1;/p+1. The summed E-state index contributed by atoms with van der Waals surface area (Å²) < 4.78 is 343. The van der Waals surface area contributed by atoms with Gasteiger partial charge in [0.1, 0.15) is 6.15 Å². The SMILES string of the molecule is FC(F)(F)c1cc([B-](c2cc(C(F)(F)F)cc(C(F)(F)F)c2)(c2cc(C(F)(F)F)cc(C(F)(F)F)c2)c2cc(C(F)(F)F)cc(C(F)(F)F)c2)cc(C(F)(F)F)c1.O=C(O)c1cccc[n+]1Cc1ccccc1. The van der Waals surface area contributed by atoms with Crippen molar-refractivity contribution in [3.05, 3.63) is 183 Å². The van der Waals surface area contributed by atoms with E-state index in [1.54, 1.807) is 22.9 Å². The lowest BCUT2D eigenvalue weighted by atomic mass is 9.12. The van der Waals surface area contributed by atoms with Gasteiger partial charge in [0, 0.05) is 17.7 Å². The molecular formula is C45H24BF24NO2. The van der Waals surface area contributed by atoms with Gasteiger partial charge in [-0.3, -0.25) is 0 Å². The maximum Gasteiger partial charge on any atom is 0.416 e. The molecule has 0 radical (unpaired) electrons. The monoisotopic (exact) mass is 1080 g/mol. The molecule has 0 unspecified atom stereocenters. The van der Waals surface area contributed by atoms with Crippen molar-refractivity contribution in [2.75, 3.05) is 0 Å². The van der Waals surface area contributed by atoms with E-state index in [9.17, 15) is 110 Å². The van der Waals surface area contributed by atoms with E-state index in [0.29, 0.717) is 12.2 Å². The molecule has 73 heavy (non-hydrogen) atoms. The van der Waals surface area contributed by atoms with Gasteiger partial charge in [-0.1, -0.05) is 78.9 Å². The number of pyridine rings is 1. The lowest BCUT2D eigenvalue weighted by molar-refractivity contribution is -0.690. The van der Waals surface area contributed by atoms with E-state index in [0.717, 1.165) is 5.56 Å². The van der Waals surface area contributed by atoms with E-state index in [1.165, 1.54) is 0 Å². The first-order chi connectivity index (χ1) is 33.0. The van der Waals surface area contributed by atoms with Crippen LogP contribution in [0.3, 0.4) is 0 Å². The number of benzene rings is 5. The van der Waals surface area contributed by atoms with Gasteiger partial charge in [-0.25, -0.2) is 4.79 Å². The van der Waals surface area contributed by atoms with E-state index in [1.807, 2.05) is 36.4 Å². The zero-order chi connectivity index (χ0) is 55.3. The third kappa shape index (κ3) is 13.2. The Morgan fingerprint density at radius 2 is 0.589 bits per heavy atom. The Morgan fingerprint density at radius 1 is 0.356 bits per heavy atom. The van der Waals surface area contributed by atoms with E-state index < -0.39 is 201 Å². The first-order valence-corrected chi connectivity index (χ1v) is 19.6. The fraction of sp³-hybridized carbons (Fsp3) is 0.200. The van der Waals surface area contributed by atoms with Gasteiger partial charge in [-0.15, -0.1) is 0 Å². The Kier molecular flexibility index (Phi) is 15.2. The molecule has 0 amide bonds. The minimum Gasteiger partial charge on any atom is -0.473 e. The summed E-state index contributed by atoms with van der Waals surface area (Å²) in [5, 5.41) is 9.02. The van der Waals surface area contributed by atoms with E-state index >= 15 is 0 Å². The van der Waals surface area contributed by atoms with Crippen LogP contribution in [0.1, 0.15) is 60.6 Å². The highest BCUT2D eigenvalue weighted by Gasteiger charge is 2.47. The number of halogens is 24. The van der Waals surface area contributed by atoms with Crippen LogP contribution in [0.4, 0.5) is 105 Å². The number of aromatic nitrogens is 1. The van der Waals surface area contributed by atoms with Crippen molar-refractivity contribution in [3.63, 3.8) is 0 Å². The normalized spacial score (nSPS) is 13.4. The maximum atomic E-state index is 14.2. The molecule has 1 aromatic heterocycles. The Bertz CT molecular complexity index is 2520. The molecule has 1 heterocycles. The number of hydrogen-bond donors (Lipinski definition) is 1. The number of carbonyl (C=O) groups is 1. The summed E-state index contributed by atoms with van der Waals surface area (Å²) in [5.74, 6) is -0.906. The van der Waals surface area contributed by atoms with Crippen LogP contribution in [-0.4, -0.2) is 17.2 Å². The second-order valence-electron chi connectivity index (χ2n) is 15.7. The smallest absolute Gasteiger partial charge is 0.416 e. The number of carboxylic acid groups (broad SMARTS) is 1. The highest BCUT2D eigenvalue weighted by Crippen LogP contribution is 2.41. The van der Waals surface area contributed by atoms with Crippen LogP contribution in [0.5, 0.6) is 0 Å². The highest BCUT2D eigenvalue weighted by atomic mass is 19.4. The second-order valence-corrected chi connectivity index (χ2v) is 15.7. The van der Waals surface area contributed by atoms with Crippen LogP contribution in [0, 0.1) is 0 Å². The predicted octanol–water partition coefficient (Wildman–Crippen LogP) is 12.9. The average molecular weight is 1080 g/mol. The summed E-state index contributed by atoms with van der Waals surface area (Å²) in [6.45, 7) is 0.573. The second kappa shape index (κ2) is 19.5. The molecule has 0 aliphatic carbocycles. The molecule has 0 spiro atoms. The largest absolute Gasteiger partial charge is 0.473 e. The molecule has 0 bridgehead atoms. The summed E-state index contributed by atoms with van der Waals surface area (Å²) in [4.78, 5) is 11.0. The van der Waals surface area contributed by atoms with E-state index in [4.69, 9.17) is 5.11 Å². The predicted molar refractivity (Wildman–Crippen MR) is 209 cm³/mol. The number of nitrogens with zero attached hydrogens (tertiary/aromatic N) is 1. The molecule has 0 saturated heterocycles. The number of hydrogen-bond acceptors (Lipinski definition) is 1. The van der Waals surface area contributed by atoms with Gasteiger partial charge < -0.3 is 5.11 Å². The fourth-order valence-electron chi connectivity index (χ4n) is 7.66. The molecule has 1 N–H and O–H groups in total. The fourth-order valence-corrected chi connectivity index (χ4v) is 7.66. The lowest BCUT2D eigenvalue weighted by Gasteiger charge is -2.46. The quantitative estimate of drug-likeness (QED) is 0.0983. The van der Waals surface area contributed by atoms with Crippen LogP contribution in [0.2, 0.25) is 0 Å². The molecular weight excluding hydrogens is 1050 g/mol. The first kappa shape index (κ1) is 57.0. The highest BCUT2D eigenvalue weighted by molar-refractivity contribution is 7.20. The minimum absolute atomic E-state index is 0.298. The molecule has 0 aliphatic rings. The van der Waals surface area contributed by atoms with Gasteiger partial charge in [-0.2, -0.15) is 132 Å².